The summed E-state index contributed by atoms with van der Waals surface area (Å²) >= 11 is 0. The summed E-state index contributed by atoms with van der Waals surface area (Å²) in [6.45, 7) is -0.288. The van der Waals surface area contributed by atoms with Gasteiger partial charge in [-0.25, -0.2) is 4.79 Å². The Bertz CT molecular complexity index is 766. The van der Waals surface area contributed by atoms with Gasteiger partial charge in [-0.3, -0.25) is 4.79 Å². The summed E-state index contributed by atoms with van der Waals surface area (Å²) in [5, 5.41) is 10.1. The first-order valence-electron chi connectivity index (χ1n) is 6.51. The molecule has 8 heteroatoms. The van der Waals surface area contributed by atoms with Crippen LogP contribution in [0.4, 0.5) is 13.2 Å². The summed E-state index contributed by atoms with van der Waals surface area (Å²) in [4.78, 5) is 26.1. The van der Waals surface area contributed by atoms with Crippen LogP contribution < -0.4 is 0 Å². The third kappa shape index (κ3) is 2.11. The van der Waals surface area contributed by atoms with Gasteiger partial charge in [0.1, 0.15) is 0 Å². The van der Waals surface area contributed by atoms with Gasteiger partial charge in [0.25, 0.3) is 0 Å². The van der Waals surface area contributed by atoms with Crippen molar-refractivity contribution in [2.24, 2.45) is 0 Å². The number of aromatic nitrogens is 1. The van der Waals surface area contributed by atoms with Gasteiger partial charge in [0, 0.05) is 17.4 Å². The quantitative estimate of drug-likeness (QED) is 0.848. The molecule has 0 bridgehead atoms. The summed E-state index contributed by atoms with van der Waals surface area (Å²) in [6, 6.07) is 5.32. The largest absolute Gasteiger partial charge is 0.479 e. The van der Waals surface area contributed by atoms with E-state index in [4.69, 9.17) is 0 Å². The average molecular weight is 312 g/mol. The number of para-hydroxylation sites is 1. The van der Waals surface area contributed by atoms with Gasteiger partial charge in [-0.05, 0) is 18.1 Å². The van der Waals surface area contributed by atoms with Crippen LogP contribution >= 0.6 is 0 Å². The average Bonchev–Trinajstić information content (AvgIpc) is 2.82. The number of benzene rings is 1. The van der Waals surface area contributed by atoms with Crippen LogP contribution in [0.2, 0.25) is 0 Å². The van der Waals surface area contributed by atoms with Crippen LogP contribution in [0.15, 0.2) is 24.3 Å². The lowest BCUT2D eigenvalue weighted by molar-refractivity contribution is -0.190. The lowest BCUT2D eigenvalue weighted by Gasteiger charge is -2.33. The van der Waals surface area contributed by atoms with Gasteiger partial charge in [-0.15, -0.1) is 0 Å². The van der Waals surface area contributed by atoms with Gasteiger partial charge in [0.2, 0.25) is 0 Å². The van der Waals surface area contributed by atoms with Crippen molar-refractivity contribution in [1.29, 1.82) is 0 Å². The Kier molecular flexibility index (Phi) is 3.12. The number of aliphatic carboxylic acids is 1. The molecule has 0 spiro atoms. The molecule has 1 aromatic heterocycles. The number of carboxylic acid groups (broad SMARTS) is 1. The Labute approximate surface area is 122 Å². The maximum Gasteiger partial charge on any atom is 0.471 e. The number of amides is 1. The second-order valence-corrected chi connectivity index (χ2v) is 5.05. The minimum Gasteiger partial charge on any atom is -0.479 e. The van der Waals surface area contributed by atoms with Crippen LogP contribution in [-0.4, -0.2) is 39.6 Å². The van der Waals surface area contributed by atoms with Gasteiger partial charge >= 0.3 is 18.1 Å². The number of halogens is 3. The molecular formula is C14H11F3N2O3. The number of aromatic amines is 1. The van der Waals surface area contributed by atoms with Crippen molar-refractivity contribution in [1.82, 2.24) is 9.88 Å². The van der Waals surface area contributed by atoms with E-state index in [1.54, 1.807) is 24.3 Å². The maximum absolute atomic E-state index is 12.7. The number of hydrogen-bond acceptors (Lipinski definition) is 2. The Morgan fingerprint density at radius 3 is 2.59 bits per heavy atom. The van der Waals surface area contributed by atoms with E-state index in [0.29, 0.717) is 16.0 Å². The van der Waals surface area contributed by atoms with Crippen molar-refractivity contribution in [2.45, 2.75) is 18.6 Å². The Morgan fingerprint density at radius 1 is 1.27 bits per heavy atom. The van der Waals surface area contributed by atoms with E-state index < -0.39 is 24.1 Å². The van der Waals surface area contributed by atoms with Crippen molar-refractivity contribution < 1.29 is 27.9 Å². The van der Waals surface area contributed by atoms with E-state index in [1.165, 1.54) is 0 Å². The highest BCUT2D eigenvalue weighted by atomic mass is 19.4. The van der Waals surface area contributed by atoms with E-state index in [9.17, 15) is 27.9 Å². The summed E-state index contributed by atoms with van der Waals surface area (Å²) in [7, 11) is 0. The fourth-order valence-corrected chi connectivity index (χ4v) is 2.88. The standard InChI is InChI=1S/C14H11F3N2O3/c15-14(16,17)13(22)19-6-5-8-7-3-1-2-4-9(7)18-10(8)11(19)12(20)21/h1-4,11,18H,5-6H2,(H,20,21). The molecule has 1 aliphatic rings. The highest BCUT2D eigenvalue weighted by Gasteiger charge is 2.48. The summed E-state index contributed by atoms with van der Waals surface area (Å²) < 4.78 is 38.0. The molecule has 2 N–H and O–H groups in total. The number of nitrogens with zero attached hydrogens (tertiary/aromatic N) is 1. The van der Waals surface area contributed by atoms with Crippen LogP contribution in [0.3, 0.4) is 0 Å². The van der Waals surface area contributed by atoms with E-state index in [-0.39, 0.29) is 18.7 Å². The molecule has 0 saturated carbocycles. The minimum absolute atomic E-state index is 0.137. The molecule has 3 rings (SSSR count). The summed E-state index contributed by atoms with van der Waals surface area (Å²) in [5.74, 6) is -3.63. The second kappa shape index (κ2) is 4.75. The zero-order valence-corrected chi connectivity index (χ0v) is 11.1. The second-order valence-electron chi connectivity index (χ2n) is 5.05. The molecule has 1 amide bonds. The molecule has 0 saturated heterocycles. The van der Waals surface area contributed by atoms with Crippen molar-refractivity contribution in [3.63, 3.8) is 0 Å². The van der Waals surface area contributed by atoms with E-state index in [1.807, 2.05) is 0 Å². The van der Waals surface area contributed by atoms with Gasteiger partial charge in [0.15, 0.2) is 6.04 Å². The molecule has 5 nitrogen and oxygen atoms in total. The Balaban J connectivity index is 2.13. The Hall–Kier alpha value is -2.51. The Morgan fingerprint density at radius 2 is 1.95 bits per heavy atom. The van der Waals surface area contributed by atoms with Crippen LogP contribution in [0, 0.1) is 0 Å². The molecule has 22 heavy (non-hydrogen) atoms. The molecule has 1 aromatic carbocycles. The number of nitrogens with one attached hydrogen (secondary N) is 1. The number of alkyl halides is 3. The van der Waals surface area contributed by atoms with Crippen LogP contribution in [0.1, 0.15) is 17.3 Å². The minimum atomic E-state index is -5.10. The number of carbonyl (C=O) groups excluding carboxylic acids is 1. The van der Waals surface area contributed by atoms with Crippen molar-refractivity contribution in [3.05, 3.63) is 35.5 Å². The monoisotopic (exact) mass is 312 g/mol. The highest BCUT2D eigenvalue weighted by molar-refractivity contribution is 5.92. The normalized spacial score (nSPS) is 18.3. The van der Waals surface area contributed by atoms with E-state index in [2.05, 4.69) is 4.98 Å². The topological polar surface area (TPSA) is 73.4 Å². The first kappa shape index (κ1) is 14.4. The number of rotatable bonds is 1. The number of hydrogen-bond donors (Lipinski definition) is 2. The van der Waals surface area contributed by atoms with Crippen LogP contribution in [0.25, 0.3) is 10.9 Å². The number of H-pyrrole nitrogens is 1. The van der Waals surface area contributed by atoms with Gasteiger partial charge < -0.3 is 15.0 Å². The van der Waals surface area contributed by atoms with Crippen molar-refractivity contribution in [3.8, 4) is 0 Å². The SMILES string of the molecule is O=C(O)C1c2[nH]c3ccccc3c2CCN1C(=O)C(F)(F)F. The third-order valence-corrected chi connectivity index (χ3v) is 3.77. The predicted molar refractivity (Wildman–Crippen MR) is 70.1 cm³/mol. The number of carboxylic acids is 1. The van der Waals surface area contributed by atoms with Crippen molar-refractivity contribution in [2.75, 3.05) is 6.54 Å². The van der Waals surface area contributed by atoms with Gasteiger partial charge in [-0.1, -0.05) is 18.2 Å². The molecule has 1 unspecified atom stereocenters. The zero-order chi connectivity index (χ0) is 16.1. The van der Waals surface area contributed by atoms with E-state index in [0.717, 1.165) is 5.39 Å². The van der Waals surface area contributed by atoms with E-state index >= 15 is 0 Å². The first-order valence-corrected chi connectivity index (χ1v) is 6.51. The predicted octanol–water partition coefficient (Wildman–Crippen LogP) is 2.24. The molecule has 1 aliphatic heterocycles. The number of carbonyl (C=O) groups is 2. The molecule has 0 radical (unpaired) electrons. The molecule has 0 aliphatic carbocycles. The molecule has 2 heterocycles. The van der Waals surface area contributed by atoms with Crippen molar-refractivity contribution >= 4 is 22.8 Å². The zero-order valence-electron chi connectivity index (χ0n) is 11.1. The van der Waals surface area contributed by atoms with Gasteiger partial charge in [-0.2, -0.15) is 13.2 Å². The molecule has 116 valence electrons. The fourth-order valence-electron chi connectivity index (χ4n) is 2.88. The fraction of sp³-hybridized carbons (Fsp3) is 0.286. The number of fused-ring (bicyclic) bond motifs is 3. The third-order valence-electron chi connectivity index (χ3n) is 3.77. The molecule has 0 fully saturated rings. The van der Waals surface area contributed by atoms with Crippen LogP contribution in [0.5, 0.6) is 0 Å². The van der Waals surface area contributed by atoms with Gasteiger partial charge in [0.05, 0.1) is 5.69 Å². The summed E-state index contributed by atoms with van der Waals surface area (Å²) in [5.41, 5.74) is 1.42. The van der Waals surface area contributed by atoms with Crippen LogP contribution in [-0.2, 0) is 16.0 Å². The molecular weight excluding hydrogens is 301 g/mol. The molecule has 1 atom stereocenters. The summed E-state index contributed by atoms with van der Waals surface area (Å²) in [6.07, 6.45) is -4.93. The lowest BCUT2D eigenvalue weighted by atomic mass is 9.97. The maximum atomic E-state index is 12.7. The molecule has 2 aromatic rings. The smallest absolute Gasteiger partial charge is 0.471 e. The highest BCUT2D eigenvalue weighted by Crippen LogP contribution is 2.36. The lowest BCUT2D eigenvalue weighted by Crippen LogP contribution is -2.48. The first-order chi connectivity index (χ1) is 10.3.